The second-order valence-electron chi connectivity index (χ2n) is 15.5. The topological polar surface area (TPSA) is 149 Å². The molecule has 3 N–H and O–H groups in total. The number of carbonyl (C=O) groups is 3. The van der Waals surface area contributed by atoms with Crippen LogP contribution < -0.4 is 9.47 Å². The van der Waals surface area contributed by atoms with E-state index in [1.54, 1.807) is 25.2 Å². The molecule has 48 heavy (non-hydrogen) atoms. The van der Waals surface area contributed by atoms with E-state index in [9.17, 15) is 29.7 Å². The van der Waals surface area contributed by atoms with Gasteiger partial charge in [-0.15, -0.1) is 0 Å². The number of aromatic hydroxyl groups is 1. The van der Waals surface area contributed by atoms with Crippen LogP contribution in [0.4, 0.5) is 0 Å². The lowest BCUT2D eigenvalue weighted by molar-refractivity contribution is -0.171. The summed E-state index contributed by atoms with van der Waals surface area (Å²) >= 11 is 0. The van der Waals surface area contributed by atoms with Crippen LogP contribution in [0.15, 0.2) is 41.2 Å². The zero-order valence-electron chi connectivity index (χ0n) is 28.9. The molecule has 7 rings (SSSR count). The van der Waals surface area contributed by atoms with E-state index in [0.29, 0.717) is 24.9 Å². The Hall–Kier alpha value is -3.73. The Morgan fingerprint density at radius 1 is 1.12 bits per heavy atom. The minimum atomic E-state index is -1.66. The largest absolute Gasteiger partial charge is 0.506 e. The normalized spacial score (nSPS) is 31.5. The fraction of sp³-hybridized carbons (Fsp3) is 0.553. The molecule has 0 aromatic heterocycles. The van der Waals surface area contributed by atoms with Gasteiger partial charge in [0.2, 0.25) is 0 Å². The van der Waals surface area contributed by atoms with Gasteiger partial charge < -0.3 is 34.3 Å². The van der Waals surface area contributed by atoms with E-state index >= 15 is 0 Å². The van der Waals surface area contributed by atoms with E-state index in [2.05, 4.69) is 6.08 Å². The molecule has 4 bridgehead atoms. The third kappa shape index (κ3) is 4.90. The number of hydrogen-bond donors (Lipinski definition) is 3. The van der Waals surface area contributed by atoms with Gasteiger partial charge in [-0.1, -0.05) is 17.7 Å². The lowest BCUT2D eigenvalue weighted by atomic mass is 9.51. The quantitative estimate of drug-likeness (QED) is 0.168. The van der Waals surface area contributed by atoms with Gasteiger partial charge in [-0.3, -0.25) is 14.4 Å². The SMILES string of the molecule is CC(C)=CCC[C@]1(C)C=Cc2c(O)c3c(c(CC(O)C(C)(C)O)c2O1)O[C@]12C(=C[C@@H]4CC1C(C)(C)OC2(C/C=C(/C)OC=O)C4=O)C3=O. The van der Waals surface area contributed by atoms with Crippen molar-refractivity contribution in [2.45, 2.75) is 122 Å². The summed E-state index contributed by atoms with van der Waals surface area (Å²) in [6.07, 6.45) is 9.12. The molecule has 10 heteroatoms. The van der Waals surface area contributed by atoms with Crippen molar-refractivity contribution in [1.29, 1.82) is 0 Å². The van der Waals surface area contributed by atoms with Crippen LogP contribution in [-0.2, 0) is 25.5 Å². The summed E-state index contributed by atoms with van der Waals surface area (Å²) in [5.74, 6) is -1.65. The van der Waals surface area contributed by atoms with Crippen LogP contribution in [0.25, 0.3) is 6.08 Å². The molecule has 3 heterocycles. The number of benzene rings is 1. The Morgan fingerprint density at radius 2 is 1.83 bits per heavy atom. The Balaban J connectivity index is 1.59. The van der Waals surface area contributed by atoms with Gasteiger partial charge in [0.15, 0.2) is 22.8 Å². The molecule has 258 valence electrons. The number of fused-ring (bicyclic) bond motifs is 2. The molecule has 1 aromatic rings. The molecule has 10 nitrogen and oxygen atoms in total. The number of Topliss-reactive ketones (excluding diaryl/α,β-unsaturated/α-hetero) is 2. The highest BCUT2D eigenvalue weighted by Crippen LogP contribution is 2.68. The predicted octanol–water partition coefficient (Wildman–Crippen LogP) is 5.45. The van der Waals surface area contributed by atoms with E-state index in [1.165, 1.54) is 19.4 Å². The maximum Gasteiger partial charge on any atom is 0.298 e. The van der Waals surface area contributed by atoms with Gasteiger partial charge in [0, 0.05) is 35.8 Å². The second-order valence-corrected chi connectivity index (χ2v) is 15.5. The van der Waals surface area contributed by atoms with Crippen LogP contribution in [0.3, 0.4) is 0 Å². The van der Waals surface area contributed by atoms with E-state index in [1.807, 2.05) is 40.7 Å². The van der Waals surface area contributed by atoms with Crippen molar-refractivity contribution in [2.24, 2.45) is 11.8 Å². The third-order valence-electron chi connectivity index (χ3n) is 10.9. The summed E-state index contributed by atoms with van der Waals surface area (Å²) in [6.45, 7) is 14.6. The van der Waals surface area contributed by atoms with Gasteiger partial charge in [0.25, 0.3) is 6.47 Å². The molecule has 3 aliphatic carbocycles. The highest BCUT2D eigenvalue weighted by Gasteiger charge is 2.81. The van der Waals surface area contributed by atoms with Crippen molar-refractivity contribution in [2.75, 3.05) is 0 Å². The number of rotatable bonds is 10. The molecular formula is C38H46O10. The summed E-state index contributed by atoms with van der Waals surface area (Å²) < 4.78 is 25.5. The minimum Gasteiger partial charge on any atom is -0.506 e. The Morgan fingerprint density at radius 3 is 2.48 bits per heavy atom. The predicted molar refractivity (Wildman–Crippen MR) is 177 cm³/mol. The molecule has 6 atom stereocenters. The van der Waals surface area contributed by atoms with Crippen LogP contribution in [0, 0.1) is 11.8 Å². The Labute approximate surface area is 281 Å². The number of hydrogen-bond acceptors (Lipinski definition) is 10. The van der Waals surface area contributed by atoms with Crippen LogP contribution in [0.5, 0.6) is 17.2 Å². The Kier molecular flexibility index (Phi) is 7.93. The average Bonchev–Trinajstić information content (AvgIpc) is 3.14. The van der Waals surface area contributed by atoms with Crippen molar-refractivity contribution in [3.05, 3.63) is 57.9 Å². The molecule has 2 fully saturated rings. The first-order valence-corrected chi connectivity index (χ1v) is 16.6. The standard InChI is InChI=1S/C38H46O10/c1-20(2)10-9-13-36(8)14-12-23-29(41)28-30(42)25-16-22-17-26-35(6,7)48-37(33(22)43,15-11-21(3)45-19-39)38(25,26)47-32(28)24(31(23)46-36)18-27(40)34(4,5)44/h10-12,14,16,19,22,26-27,40-41,44H,9,13,15,17-18H2,1-8H3/b21-11-/t22-,26?,27?,36-,37?,38-/m1/s1. The molecule has 0 radical (unpaired) electrons. The first-order chi connectivity index (χ1) is 22.3. The zero-order chi connectivity index (χ0) is 35.2. The van der Waals surface area contributed by atoms with Crippen molar-refractivity contribution in [1.82, 2.24) is 0 Å². The lowest BCUT2D eigenvalue weighted by Crippen LogP contribution is -2.72. The smallest absolute Gasteiger partial charge is 0.298 e. The van der Waals surface area contributed by atoms with Gasteiger partial charge in [-0.25, -0.2) is 0 Å². The number of aliphatic hydroxyl groups is 2. The number of allylic oxidation sites excluding steroid dienone is 4. The lowest BCUT2D eigenvalue weighted by Gasteiger charge is -2.56. The van der Waals surface area contributed by atoms with Gasteiger partial charge in [0.05, 0.1) is 22.9 Å². The first-order valence-electron chi connectivity index (χ1n) is 16.6. The molecule has 1 aromatic carbocycles. The fourth-order valence-electron chi connectivity index (χ4n) is 8.34. The number of carbonyl (C=O) groups excluding carboxylic acids is 3. The van der Waals surface area contributed by atoms with Crippen LogP contribution >= 0.6 is 0 Å². The molecule has 1 saturated heterocycles. The summed E-state index contributed by atoms with van der Waals surface area (Å²) in [4.78, 5) is 40.2. The van der Waals surface area contributed by atoms with E-state index < -0.39 is 51.7 Å². The molecule has 6 aliphatic rings. The molecule has 1 saturated carbocycles. The van der Waals surface area contributed by atoms with Crippen LogP contribution in [0.1, 0.15) is 103 Å². The van der Waals surface area contributed by atoms with Gasteiger partial charge in [0.1, 0.15) is 34.2 Å². The fourth-order valence-corrected chi connectivity index (χ4v) is 8.34. The number of ether oxygens (including phenoxy) is 4. The van der Waals surface area contributed by atoms with Crippen LogP contribution in [0.2, 0.25) is 0 Å². The number of ketones is 2. The molecule has 1 spiro atoms. The van der Waals surface area contributed by atoms with Crippen molar-refractivity contribution in [3.63, 3.8) is 0 Å². The minimum absolute atomic E-state index is 0.00711. The van der Waals surface area contributed by atoms with Crippen LogP contribution in [-0.4, -0.2) is 67.5 Å². The number of aliphatic hydroxyl groups excluding tert-OH is 1. The summed E-state index contributed by atoms with van der Waals surface area (Å²) in [5.41, 5.74) is -4.63. The molecule has 0 amide bonds. The highest BCUT2D eigenvalue weighted by atomic mass is 16.6. The zero-order valence-corrected chi connectivity index (χ0v) is 28.9. The van der Waals surface area contributed by atoms with E-state index in [0.717, 1.165) is 6.42 Å². The summed E-state index contributed by atoms with van der Waals surface area (Å²) in [5, 5.41) is 33.9. The molecule has 3 aliphatic heterocycles. The molecular weight excluding hydrogens is 616 g/mol. The Bertz CT molecular complexity index is 1720. The van der Waals surface area contributed by atoms with E-state index in [-0.39, 0.29) is 58.3 Å². The first kappa shape index (κ1) is 34.1. The average molecular weight is 663 g/mol. The summed E-state index contributed by atoms with van der Waals surface area (Å²) in [7, 11) is 0. The van der Waals surface area contributed by atoms with Crippen molar-refractivity contribution < 1.29 is 48.7 Å². The van der Waals surface area contributed by atoms with E-state index in [4.69, 9.17) is 18.9 Å². The van der Waals surface area contributed by atoms with Gasteiger partial charge in [-0.2, -0.15) is 0 Å². The maximum atomic E-state index is 14.8. The molecule has 3 unspecified atom stereocenters. The monoisotopic (exact) mass is 662 g/mol. The van der Waals surface area contributed by atoms with Crippen molar-refractivity contribution in [3.8, 4) is 17.2 Å². The number of phenolic OH excluding ortho intramolecular Hbond substituents is 1. The van der Waals surface area contributed by atoms with Crippen molar-refractivity contribution >= 4 is 24.1 Å². The maximum absolute atomic E-state index is 14.8. The second kappa shape index (κ2) is 11.1. The van der Waals surface area contributed by atoms with Gasteiger partial charge >= 0.3 is 0 Å². The summed E-state index contributed by atoms with van der Waals surface area (Å²) in [6, 6.07) is 0. The highest BCUT2D eigenvalue weighted by molar-refractivity contribution is 6.19. The van der Waals surface area contributed by atoms with Gasteiger partial charge in [-0.05, 0) is 92.9 Å². The third-order valence-corrected chi connectivity index (χ3v) is 10.9. The number of phenols is 1.